The molecule has 0 aliphatic heterocycles. The van der Waals surface area contributed by atoms with E-state index in [2.05, 4.69) is 41.2 Å². The highest BCUT2D eigenvalue weighted by Crippen LogP contribution is 2.34. The third kappa shape index (κ3) is 1.85. The predicted octanol–water partition coefficient (Wildman–Crippen LogP) is 3.20. The summed E-state index contributed by atoms with van der Waals surface area (Å²) in [5.74, 6) is 1.43. The Kier molecular flexibility index (Phi) is 2.48. The first-order chi connectivity index (χ1) is 3.89. The summed E-state index contributed by atoms with van der Waals surface area (Å²) in [6, 6.07) is 0. The minimum Gasteiger partial charge on any atom is -0.310 e. The number of allylic oxidation sites excluding steroid dienone is 1. The molecule has 0 aliphatic carbocycles. The average molecular weight is 125 g/mol. The summed E-state index contributed by atoms with van der Waals surface area (Å²) in [5.41, 5.74) is 1.46. The maximum atomic E-state index is 3.93. The van der Waals surface area contributed by atoms with E-state index in [1.54, 1.807) is 0 Å². The zero-order valence-corrected chi connectivity index (χ0v) is 7.21. The van der Waals surface area contributed by atoms with Crippen LogP contribution in [0.4, 0.5) is 0 Å². The summed E-state index contributed by atoms with van der Waals surface area (Å²) in [6.07, 6.45) is 0. The highest BCUT2D eigenvalue weighted by Gasteiger charge is 2.10. The Bertz CT molecular complexity index is 107. The first-order valence-corrected chi connectivity index (χ1v) is 3.35. The van der Waals surface area contributed by atoms with Gasteiger partial charge in [0.15, 0.2) is 0 Å². The Morgan fingerprint density at radius 1 is 1.33 bits per heavy atom. The zero-order chi connectivity index (χ0) is 7.65. The van der Waals surface area contributed by atoms with Crippen molar-refractivity contribution in [3.05, 3.63) is 18.1 Å². The van der Waals surface area contributed by atoms with Crippen LogP contribution in [0.15, 0.2) is 12.2 Å². The highest BCUT2D eigenvalue weighted by molar-refractivity contribution is 5.14. The molecule has 0 saturated heterocycles. The second-order valence-corrected chi connectivity index (χ2v) is 3.41. The van der Waals surface area contributed by atoms with Gasteiger partial charge in [0.25, 0.3) is 0 Å². The predicted molar refractivity (Wildman–Crippen MR) is 43.2 cm³/mol. The normalized spacial score (nSPS) is 12.2. The molecule has 0 heteroatoms. The van der Waals surface area contributed by atoms with Gasteiger partial charge >= 0.3 is 0 Å². The standard InChI is InChI=1S/C9H17/c1-7(2)9(5,6)8(3)4/h1H2,2-6H3/q-1. The van der Waals surface area contributed by atoms with Gasteiger partial charge in [-0.2, -0.15) is 13.8 Å². The third-order valence-electron chi connectivity index (χ3n) is 2.32. The van der Waals surface area contributed by atoms with E-state index in [1.807, 2.05) is 0 Å². The van der Waals surface area contributed by atoms with Gasteiger partial charge in [0.1, 0.15) is 0 Å². The smallest absolute Gasteiger partial charge is 0.0463 e. The van der Waals surface area contributed by atoms with Crippen LogP contribution in [-0.4, -0.2) is 0 Å². The second-order valence-electron chi connectivity index (χ2n) is 3.41. The molecule has 0 aromatic carbocycles. The molecule has 0 unspecified atom stereocenters. The topological polar surface area (TPSA) is 0 Å². The minimum atomic E-state index is 0.222. The fourth-order valence-corrected chi connectivity index (χ4v) is 0.427. The van der Waals surface area contributed by atoms with Crippen LogP contribution in [-0.2, 0) is 0 Å². The van der Waals surface area contributed by atoms with Crippen molar-refractivity contribution in [2.75, 3.05) is 0 Å². The van der Waals surface area contributed by atoms with Crippen LogP contribution in [0.2, 0.25) is 0 Å². The molecule has 9 heavy (non-hydrogen) atoms. The lowest BCUT2D eigenvalue weighted by atomic mass is 9.76. The SMILES string of the molecule is C=C(C)C(C)(C)[C-](C)C. The summed E-state index contributed by atoms with van der Waals surface area (Å²) in [7, 11) is 0. The Hall–Kier alpha value is -0.260. The molecule has 54 valence electrons. The van der Waals surface area contributed by atoms with Crippen LogP contribution < -0.4 is 0 Å². The fourth-order valence-electron chi connectivity index (χ4n) is 0.427. The van der Waals surface area contributed by atoms with E-state index in [9.17, 15) is 0 Å². The van der Waals surface area contributed by atoms with Crippen LogP contribution in [0.1, 0.15) is 34.6 Å². The third-order valence-corrected chi connectivity index (χ3v) is 2.32. The quantitative estimate of drug-likeness (QED) is 0.392. The molecule has 0 bridgehead atoms. The van der Waals surface area contributed by atoms with Crippen LogP contribution >= 0.6 is 0 Å². The maximum absolute atomic E-state index is 3.93. The summed E-state index contributed by atoms with van der Waals surface area (Å²) in [5, 5.41) is 0. The molecule has 0 aliphatic rings. The van der Waals surface area contributed by atoms with E-state index in [-0.39, 0.29) is 5.41 Å². The van der Waals surface area contributed by atoms with E-state index in [4.69, 9.17) is 0 Å². The van der Waals surface area contributed by atoms with E-state index >= 15 is 0 Å². The highest BCUT2D eigenvalue weighted by atomic mass is 14.3. The van der Waals surface area contributed by atoms with Gasteiger partial charge in [-0.25, -0.2) is 0 Å². The molecule has 0 nitrogen and oxygen atoms in total. The minimum absolute atomic E-state index is 0.222. The van der Waals surface area contributed by atoms with Gasteiger partial charge in [0.2, 0.25) is 0 Å². The Balaban J connectivity index is 4.19. The molecule has 0 N–H and O–H groups in total. The van der Waals surface area contributed by atoms with Crippen LogP contribution in [0.5, 0.6) is 0 Å². The molecular formula is C9H17-. The van der Waals surface area contributed by atoms with Gasteiger partial charge < -0.3 is 5.92 Å². The first kappa shape index (κ1) is 8.74. The van der Waals surface area contributed by atoms with E-state index in [0.717, 1.165) is 0 Å². The molecular weight excluding hydrogens is 108 g/mol. The summed E-state index contributed by atoms with van der Waals surface area (Å²) in [4.78, 5) is 0. The average Bonchev–Trinajstić information content (AvgIpc) is 1.65. The van der Waals surface area contributed by atoms with Gasteiger partial charge in [0.05, 0.1) is 0 Å². The number of hydrogen-bond donors (Lipinski definition) is 0. The van der Waals surface area contributed by atoms with Crippen LogP contribution in [0, 0.1) is 11.3 Å². The number of hydrogen-bond acceptors (Lipinski definition) is 0. The summed E-state index contributed by atoms with van der Waals surface area (Å²) in [6.45, 7) is 14.7. The molecule has 0 fully saturated rings. The Morgan fingerprint density at radius 2 is 1.67 bits per heavy atom. The van der Waals surface area contributed by atoms with Crippen molar-refractivity contribution >= 4 is 0 Å². The zero-order valence-electron chi connectivity index (χ0n) is 7.21. The van der Waals surface area contributed by atoms with Gasteiger partial charge in [-0.3, -0.25) is 0 Å². The number of rotatable bonds is 2. The van der Waals surface area contributed by atoms with Crippen molar-refractivity contribution in [1.29, 1.82) is 0 Å². The fraction of sp³-hybridized carbons (Fsp3) is 0.667. The lowest BCUT2D eigenvalue weighted by Crippen LogP contribution is -2.17. The van der Waals surface area contributed by atoms with E-state index in [1.165, 1.54) is 11.5 Å². The second kappa shape index (κ2) is 2.55. The molecule has 0 heterocycles. The largest absolute Gasteiger partial charge is 0.310 e. The van der Waals surface area contributed by atoms with Gasteiger partial charge in [0, 0.05) is 0 Å². The van der Waals surface area contributed by atoms with Crippen molar-refractivity contribution < 1.29 is 0 Å². The molecule has 0 atom stereocenters. The van der Waals surface area contributed by atoms with Crippen molar-refractivity contribution in [1.82, 2.24) is 0 Å². The van der Waals surface area contributed by atoms with Crippen molar-refractivity contribution in [3.63, 3.8) is 0 Å². The molecule has 0 aromatic rings. The lowest BCUT2D eigenvalue weighted by molar-refractivity contribution is 0.472. The van der Waals surface area contributed by atoms with Crippen LogP contribution in [0.25, 0.3) is 0 Å². The van der Waals surface area contributed by atoms with Crippen LogP contribution in [0.3, 0.4) is 0 Å². The monoisotopic (exact) mass is 125 g/mol. The summed E-state index contributed by atoms with van der Waals surface area (Å²) >= 11 is 0. The van der Waals surface area contributed by atoms with Gasteiger partial charge in [-0.05, 0) is 6.92 Å². The molecule has 0 saturated carbocycles. The molecule has 0 spiro atoms. The Morgan fingerprint density at radius 3 is 1.67 bits per heavy atom. The van der Waals surface area contributed by atoms with Gasteiger partial charge in [-0.15, -0.1) is 17.6 Å². The van der Waals surface area contributed by atoms with Crippen molar-refractivity contribution in [2.24, 2.45) is 5.41 Å². The molecule has 0 amide bonds. The molecule has 0 aromatic heterocycles. The first-order valence-electron chi connectivity index (χ1n) is 3.35. The van der Waals surface area contributed by atoms with E-state index < -0.39 is 0 Å². The van der Waals surface area contributed by atoms with E-state index in [0.29, 0.717) is 0 Å². The van der Waals surface area contributed by atoms with Crippen molar-refractivity contribution in [2.45, 2.75) is 34.6 Å². The van der Waals surface area contributed by atoms with Crippen molar-refractivity contribution in [3.8, 4) is 0 Å². The van der Waals surface area contributed by atoms with Gasteiger partial charge in [-0.1, -0.05) is 13.8 Å². The summed E-state index contributed by atoms with van der Waals surface area (Å²) < 4.78 is 0. The lowest BCUT2D eigenvalue weighted by Gasteiger charge is -2.42. The maximum Gasteiger partial charge on any atom is -0.0463 e. The molecule has 0 rings (SSSR count). The molecule has 0 radical (unpaired) electrons. The Labute approximate surface area is 59.0 Å².